The first kappa shape index (κ1) is 19.2. The van der Waals surface area contributed by atoms with Gasteiger partial charge in [-0.1, -0.05) is 30.3 Å². The van der Waals surface area contributed by atoms with Crippen molar-refractivity contribution in [3.05, 3.63) is 77.6 Å². The van der Waals surface area contributed by atoms with Gasteiger partial charge in [0, 0.05) is 18.8 Å². The van der Waals surface area contributed by atoms with Gasteiger partial charge in [0.05, 0.1) is 23.5 Å². The molecule has 3 aromatic rings. The zero-order valence-corrected chi connectivity index (χ0v) is 16.1. The van der Waals surface area contributed by atoms with Crippen molar-refractivity contribution in [2.75, 3.05) is 18.9 Å². The van der Waals surface area contributed by atoms with Crippen molar-refractivity contribution >= 4 is 17.6 Å². The van der Waals surface area contributed by atoms with Crippen LogP contribution in [0, 0.1) is 13.8 Å². The van der Waals surface area contributed by atoms with Crippen LogP contribution in [0.2, 0.25) is 0 Å². The number of likely N-dealkylation sites (N-methyl/N-ethyl adjacent to an activating group) is 1. The van der Waals surface area contributed by atoms with Crippen molar-refractivity contribution in [3.63, 3.8) is 0 Å². The molecule has 2 amide bonds. The number of amides is 2. The van der Waals surface area contributed by atoms with E-state index in [1.165, 1.54) is 4.90 Å². The lowest BCUT2D eigenvalue weighted by molar-refractivity contribution is -0.116. The maximum absolute atomic E-state index is 12.7. The van der Waals surface area contributed by atoms with E-state index in [-0.39, 0.29) is 18.4 Å². The molecule has 0 bridgehead atoms. The van der Waals surface area contributed by atoms with Crippen LogP contribution in [-0.4, -0.2) is 40.3 Å². The predicted octanol–water partition coefficient (Wildman–Crippen LogP) is 3.47. The highest BCUT2D eigenvalue weighted by molar-refractivity contribution is 5.99. The Balaban J connectivity index is 1.68. The summed E-state index contributed by atoms with van der Waals surface area (Å²) < 4.78 is 0. The number of hydrogen-bond donors (Lipinski definition) is 1. The third-order valence-electron chi connectivity index (χ3n) is 4.30. The molecule has 1 N–H and O–H groups in total. The van der Waals surface area contributed by atoms with E-state index in [4.69, 9.17) is 0 Å². The van der Waals surface area contributed by atoms with Gasteiger partial charge in [-0.25, -0.2) is 4.98 Å². The van der Waals surface area contributed by atoms with E-state index >= 15 is 0 Å². The van der Waals surface area contributed by atoms with E-state index < -0.39 is 0 Å². The smallest absolute Gasteiger partial charge is 0.255 e. The highest BCUT2D eigenvalue weighted by Crippen LogP contribution is 2.19. The number of rotatable bonds is 5. The van der Waals surface area contributed by atoms with E-state index in [0.717, 1.165) is 16.8 Å². The molecule has 0 saturated carbocycles. The molecule has 6 nitrogen and oxygen atoms in total. The molecule has 28 heavy (non-hydrogen) atoms. The van der Waals surface area contributed by atoms with Gasteiger partial charge in [0.2, 0.25) is 5.91 Å². The van der Waals surface area contributed by atoms with Gasteiger partial charge in [-0.2, -0.15) is 0 Å². The number of carbonyl (C=O) groups excluding carboxylic acids is 2. The molecule has 0 radical (unpaired) electrons. The zero-order chi connectivity index (χ0) is 20.1. The molecule has 0 aliphatic heterocycles. The van der Waals surface area contributed by atoms with Crippen molar-refractivity contribution < 1.29 is 9.59 Å². The van der Waals surface area contributed by atoms with Crippen LogP contribution in [0.4, 0.5) is 5.82 Å². The molecule has 0 aliphatic rings. The standard InChI is InChI=1S/C22H22N4O2/c1-15-11-12-23-20(13-15)25-21(27)14-26(3)22(28)18-9-10-19(24-16(18)2)17-7-5-4-6-8-17/h4-13H,14H2,1-3H3,(H,23,25,27). The van der Waals surface area contributed by atoms with Gasteiger partial charge in [0.25, 0.3) is 5.91 Å². The lowest BCUT2D eigenvalue weighted by Crippen LogP contribution is -2.35. The minimum atomic E-state index is -0.305. The molecular formula is C22H22N4O2. The van der Waals surface area contributed by atoms with E-state index in [2.05, 4.69) is 15.3 Å². The number of benzene rings is 1. The second-order valence-corrected chi connectivity index (χ2v) is 6.62. The normalized spacial score (nSPS) is 10.4. The Kier molecular flexibility index (Phi) is 5.79. The van der Waals surface area contributed by atoms with Gasteiger partial charge < -0.3 is 10.2 Å². The first-order chi connectivity index (χ1) is 13.4. The molecule has 2 aromatic heterocycles. The Morgan fingerprint density at radius 2 is 1.79 bits per heavy atom. The predicted molar refractivity (Wildman–Crippen MR) is 109 cm³/mol. The molecule has 0 unspecified atom stereocenters. The molecule has 0 saturated heterocycles. The zero-order valence-electron chi connectivity index (χ0n) is 16.1. The molecule has 2 heterocycles. The monoisotopic (exact) mass is 374 g/mol. The first-order valence-corrected chi connectivity index (χ1v) is 8.95. The molecule has 0 aliphatic carbocycles. The number of nitrogens with zero attached hydrogens (tertiary/aromatic N) is 3. The lowest BCUT2D eigenvalue weighted by Gasteiger charge is -2.18. The Morgan fingerprint density at radius 1 is 1.04 bits per heavy atom. The number of carbonyl (C=O) groups is 2. The van der Waals surface area contributed by atoms with Gasteiger partial charge in [-0.15, -0.1) is 0 Å². The van der Waals surface area contributed by atoms with Gasteiger partial charge in [-0.05, 0) is 43.7 Å². The summed E-state index contributed by atoms with van der Waals surface area (Å²) >= 11 is 0. The quantitative estimate of drug-likeness (QED) is 0.742. The minimum Gasteiger partial charge on any atom is -0.332 e. The number of hydrogen-bond acceptors (Lipinski definition) is 4. The van der Waals surface area contributed by atoms with E-state index in [0.29, 0.717) is 17.1 Å². The van der Waals surface area contributed by atoms with Crippen molar-refractivity contribution in [3.8, 4) is 11.3 Å². The SMILES string of the molecule is Cc1ccnc(NC(=O)CN(C)C(=O)c2ccc(-c3ccccc3)nc2C)c1. The minimum absolute atomic E-state index is 0.0751. The number of nitrogens with one attached hydrogen (secondary N) is 1. The average Bonchev–Trinajstić information content (AvgIpc) is 2.68. The van der Waals surface area contributed by atoms with Crippen LogP contribution < -0.4 is 5.32 Å². The third-order valence-corrected chi connectivity index (χ3v) is 4.30. The third kappa shape index (κ3) is 4.59. The van der Waals surface area contributed by atoms with E-state index in [1.54, 1.807) is 32.3 Å². The van der Waals surface area contributed by atoms with Crippen LogP contribution in [0.1, 0.15) is 21.6 Å². The maximum Gasteiger partial charge on any atom is 0.255 e. The molecule has 3 rings (SSSR count). The fraction of sp³-hybridized carbons (Fsp3) is 0.182. The molecule has 0 atom stereocenters. The van der Waals surface area contributed by atoms with Crippen LogP contribution >= 0.6 is 0 Å². The van der Waals surface area contributed by atoms with Crippen LogP contribution in [0.15, 0.2) is 60.8 Å². The van der Waals surface area contributed by atoms with Gasteiger partial charge in [-0.3, -0.25) is 14.6 Å². The summed E-state index contributed by atoms with van der Waals surface area (Å²) in [5.74, 6) is -0.0895. The topological polar surface area (TPSA) is 75.2 Å². The maximum atomic E-state index is 12.7. The summed E-state index contributed by atoms with van der Waals surface area (Å²) in [5, 5.41) is 2.71. The molecule has 142 valence electrons. The van der Waals surface area contributed by atoms with Gasteiger partial charge in [0.1, 0.15) is 5.82 Å². The van der Waals surface area contributed by atoms with Crippen molar-refractivity contribution in [1.82, 2.24) is 14.9 Å². The second-order valence-electron chi connectivity index (χ2n) is 6.62. The van der Waals surface area contributed by atoms with Crippen molar-refractivity contribution in [1.29, 1.82) is 0 Å². The molecule has 0 fully saturated rings. The Labute approximate surface area is 164 Å². The number of aryl methyl sites for hydroxylation is 2. The highest BCUT2D eigenvalue weighted by atomic mass is 16.2. The number of anilines is 1. The number of aromatic nitrogens is 2. The largest absolute Gasteiger partial charge is 0.332 e. The summed E-state index contributed by atoms with van der Waals surface area (Å²) in [4.78, 5) is 35.0. The van der Waals surface area contributed by atoms with E-state index in [9.17, 15) is 9.59 Å². The Bertz CT molecular complexity index is 1000. The van der Waals surface area contributed by atoms with Crippen molar-refractivity contribution in [2.45, 2.75) is 13.8 Å². The molecule has 1 aromatic carbocycles. The number of pyridine rings is 2. The second kappa shape index (κ2) is 8.43. The van der Waals surface area contributed by atoms with Gasteiger partial charge in [0.15, 0.2) is 0 Å². The highest BCUT2D eigenvalue weighted by Gasteiger charge is 2.18. The van der Waals surface area contributed by atoms with Crippen LogP contribution in [0.3, 0.4) is 0 Å². The van der Waals surface area contributed by atoms with Crippen LogP contribution in [0.5, 0.6) is 0 Å². The van der Waals surface area contributed by atoms with Crippen LogP contribution in [-0.2, 0) is 4.79 Å². The summed E-state index contributed by atoms with van der Waals surface area (Å²) in [6.07, 6.45) is 1.63. The fourth-order valence-electron chi connectivity index (χ4n) is 2.84. The Hall–Kier alpha value is -3.54. The molecule has 6 heteroatoms. The van der Waals surface area contributed by atoms with E-state index in [1.807, 2.05) is 49.4 Å². The molecule has 0 spiro atoms. The Morgan fingerprint density at radius 3 is 2.46 bits per heavy atom. The first-order valence-electron chi connectivity index (χ1n) is 8.95. The summed E-state index contributed by atoms with van der Waals surface area (Å²) in [6.45, 7) is 3.64. The summed E-state index contributed by atoms with van der Waals surface area (Å²) in [7, 11) is 1.59. The fourth-order valence-corrected chi connectivity index (χ4v) is 2.84. The average molecular weight is 374 g/mol. The summed E-state index contributed by atoms with van der Waals surface area (Å²) in [5.41, 5.74) is 3.89. The molecular weight excluding hydrogens is 352 g/mol. The van der Waals surface area contributed by atoms with Crippen LogP contribution in [0.25, 0.3) is 11.3 Å². The summed E-state index contributed by atoms with van der Waals surface area (Å²) in [6, 6.07) is 17.0. The lowest BCUT2D eigenvalue weighted by atomic mass is 10.1. The van der Waals surface area contributed by atoms with Gasteiger partial charge >= 0.3 is 0 Å². The van der Waals surface area contributed by atoms with Crippen molar-refractivity contribution in [2.24, 2.45) is 0 Å².